The summed E-state index contributed by atoms with van der Waals surface area (Å²) in [5.74, 6) is 0.693. The van der Waals surface area contributed by atoms with Gasteiger partial charge >= 0.3 is 0 Å². The van der Waals surface area contributed by atoms with Gasteiger partial charge in [0.15, 0.2) is 5.78 Å². The van der Waals surface area contributed by atoms with Crippen LogP contribution in [0.5, 0.6) is 5.75 Å². The Balaban J connectivity index is 2.16. The number of Topliss-reactive ketones (excluding diaryl/α,β-unsaturated/α-hetero) is 1. The predicted molar refractivity (Wildman–Crippen MR) is 84.0 cm³/mol. The molecule has 0 spiro atoms. The lowest BCUT2D eigenvalue weighted by Crippen LogP contribution is -2.08. The van der Waals surface area contributed by atoms with Gasteiger partial charge < -0.3 is 4.74 Å². The molecule has 3 heteroatoms. The molecule has 110 valence electrons. The molecule has 0 atom stereocenters. The third-order valence-corrected chi connectivity index (χ3v) is 3.05. The molecule has 0 amide bonds. The van der Waals surface area contributed by atoms with Crippen LogP contribution in [0.2, 0.25) is 0 Å². The van der Waals surface area contributed by atoms with Crippen LogP contribution < -0.4 is 4.74 Å². The van der Waals surface area contributed by atoms with E-state index in [1.54, 1.807) is 18.5 Å². The number of rotatable bonds is 5. The first-order valence-electron chi connectivity index (χ1n) is 7.16. The fourth-order valence-corrected chi connectivity index (χ4v) is 2.37. The minimum absolute atomic E-state index is 0.0571. The Bertz CT molecular complexity index is 627. The third-order valence-electron chi connectivity index (χ3n) is 3.05. The molecule has 0 aliphatic carbocycles. The number of ether oxygens (including phenoxy) is 1. The zero-order valence-electron chi connectivity index (χ0n) is 13.0. The summed E-state index contributed by atoms with van der Waals surface area (Å²) in [5.41, 5.74) is 3.97. The van der Waals surface area contributed by atoms with Crippen molar-refractivity contribution in [3.63, 3.8) is 0 Å². The van der Waals surface area contributed by atoms with Gasteiger partial charge in [0.05, 0.1) is 12.3 Å². The molecule has 3 nitrogen and oxygen atoms in total. The van der Waals surface area contributed by atoms with E-state index in [-0.39, 0.29) is 11.9 Å². The van der Waals surface area contributed by atoms with Crippen molar-refractivity contribution >= 4 is 5.78 Å². The highest BCUT2D eigenvalue weighted by molar-refractivity contribution is 5.97. The van der Waals surface area contributed by atoms with E-state index in [4.69, 9.17) is 4.74 Å². The van der Waals surface area contributed by atoms with Crippen molar-refractivity contribution in [2.24, 2.45) is 0 Å². The highest BCUT2D eigenvalue weighted by Crippen LogP contribution is 2.16. The number of hydrogen-bond donors (Lipinski definition) is 0. The first-order chi connectivity index (χ1) is 9.94. The lowest BCUT2D eigenvalue weighted by Gasteiger charge is -2.10. The monoisotopic (exact) mass is 283 g/mol. The summed E-state index contributed by atoms with van der Waals surface area (Å²) in [4.78, 5) is 16.5. The van der Waals surface area contributed by atoms with Gasteiger partial charge in [0.2, 0.25) is 0 Å². The molecular formula is C18H21NO2. The summed E-state index contributed by atoms with van der Waals surface area (Å²) in [6.07, 6.45) is 3.68. The molecule has 0 saturated heterocycles. The Hall–Kier alpha value is -2.16. The number of aryl methyl sites for hydroxylation is 2. The number of ketones is 1. The second-order valence-corrected chi connectivity index (χ2v) is 5.67. The summed E-state index contributed by atoms with van der Waals surface area (Å²) in [6, 6.07) is 7.96. The van der Waals surface area contributed by atoms with Gasteiger partial charge in [-0.2, -0.15) is 0 Å². The predicted octanol–water partition coefficient (Wildman–Crippen LogP) is 3.91. The van der Waals surface area contributed by atoms with Crippen molar-refractivity contribution in [3.8, 4) is 5.75 Å². The van der Waals surface area contributed by atoms with Gasteiger partial charge in [0.1, 0.15) is 5.75 Å². The van der Waals surface area contributed by atoms with Crippen LogP contribution in [-0.2, 0) is 6.42 Å². The second kappa shape index (κ2) is 6.53. The summed E-state index contributed by atoms with van der Waals surface area (Å²) < 4.78 is 5.58. The standard InChI is InChI=1S/C18H21NO2/c1-12(2)21-17-9-16(10-19-11-17)18(20)8-15-6-13(3)5-14(4)7-15/h5-7,9-12H,8H2,1-4H3. The van der Waals surface area contributed by atoms with Gasteiger partial charge in [-0.15, -0.1) is 0 Å². The number of aromatic nitrogens is 1. The summed E-state index contributed by atoms with van der Waals surface area (Å²) in [6.45, 7) is 7.98. The van der Waals surface area contributed by atoms with E-state index in [1.165, 1.54) is 11.1 Å². The number of pyridine rings is 1. The fourth-order valence-electron chi connectivity index (χ4n) is 2.37. The van der Waals surface area contributed by atoms with Gasteiger partial charge in [-0.3, -0.25) is 9.78 Å². The average molecular weight is 283 g/mol. The Labute approximate surface area is 126 Å². The maximum atomic E-state index is 12.4. The van der Waals surface area contributed by atoms with E-state index in [0.717, 1.165) is 5.56 Å². The van der Waals surface area contributed by atoms with Crippen LogP contribution in [0.4, 0.5) is 0 Å². The molecular weight excluding hydrogens is 262 g/mol. The third kappa shape index (κ3) is 4.42. The molecule has 0 fully saturated rings. The first-order valence-corrected chi connectivity index (χ1v) is 7.16. The number of carbonyl (C=O) groups excluding carboxylic acids is 1. The van der Waals surface area contributed by atoms with Gasteiger partial charge in [-0.25, -0.2) is 0 Å². The molecule has 0 bridgehead atoms. The van der Waals surface area contributed by atoms with Crippen LogP contribution >= 0.6 is 0 Å². The van der Waals surface area contributed by atoms with E-state index in [2.05, 4.69) is 11.1 Å². The quantitative estimate of drug-likeness (QED) is 0.781. The number of hydrogen-bond acceptors (Lipinski definition) is 3. The van der Waals surface area contributed by atoms with Crippen LogP contribution in [0.15, 0.2) is 36.7 Å². The topological polar surface area (TPSA) is 39.2 Å². The zero-order valence-corrected chi connectivity index (χ0v) is 13.0. The van der Waals surface area contributed by atoms with Gasteiger partial charge in [-0.1, -0.05) is 29.3 Å². The van der Waals surface area contributed by atoms with Crippen molar-refractivity contribution in [3.05, 3.63) is 58.9 Å². The Morgan fingerprint density at radius 3 is 2.38 bits per heavy atom. The van der Waals surface area contributed by atoms with Crippen molar-refractivity contribution in [2.45, 2.75) is 40.2 Å². The summed E-state index contributed by atoms with van der Waals surface area (Å²) in [5, 5.41) is 0. The lowest BCUT2D eigenvalue weighted by molar-refractivity contribution is 0.0992. The molecule has 0 aliphatic heterocycles. The van der Waals surface area contributed by atoms with Crippen LogP contribution in [0.3, 0.4) is 0 Å². The molecule has 1 aromatic heterocycles. The number of nitrogens with zero attached hydrogens (tertiary/aromatic N) is 1. The molecule has 1 heterocycles. The fraction of sp³-hybridized carbons (Fsp3) is 0.333. The van der Waals surface area contributed by atoms with Crippen LogP contribution in [0, 0.1) is 13.8 Å². The van der Waals surface area contributed by atoms with Gasteiger partial charge in [0, 0.05) is 18.2 Å². The average Bonchev–Trinajstić information content (AvgIpc) is 2.36. The van der Waals surface area contributed by atoms with E-state index in [0.29, 0.717) is 17.7 Å². The van der Waals surface area contributed by atoms with E-state index >= 15 is 0 Å². The second-order valence-electron chi connectivity index (χ2n) is 5.67. The van der Waals surface area contributed by atoms with E-state index in [1.807, 2.05) is 39.8 Å². The highest BCUT2D eigenvalue weighted by Gasteiger charge is 2.10. The van der Waals surface area contributed by atoms with E-state index < -0.39 is 0 Å². The molecule has 2 aromatic rings. The molecule has 0 radical (unpaired) electrons. The maximum absolute atomic E-state index is 12.4. The lowest BCUT2D eigenvalue weighted by atomic mass is 10.0. The largest absolute Gasteiger partial charge is 0.489 e. The summed E-state index contributed by atoms with van der Waals surface area (Å²) >= 11 is 0. The molecule has 0 aliphatic rings. The summed E-state index contributed by atoms with van der Waals surface area (Å²) in [7, 11) is 0. The van der Waals surface area contributed by atoms with Crippen LogP contribution in [0.25, 0.3) is 0 Å². The minimum atomic E-state index is 0.0571. The highest BCUT2D eigenvalue weighted by atomic mass is 16.5. The molecule has 21 heavy (non-hydrogen) atoms. The van der Waals surface area contributed by atoms with Gasteiger partial charge in [0.25, 0.3) is 0 Å². The molecule has 0 unspecified atom stereocenters. The maximum Gasteiger partial charge on any atom is 0.168 e. The van der Waals surface area contributed by atoms with Crippen LogP contribution in [0.1, 0.15) is 40.9 Å². The van der Waals surface area contributed by atoms with Crippen molar-refractivity contribution in [1.29, 1.82) is 0 Å². The molecule has 2 rings (SSSR count). The number of benzene rings is 1. The van der Waals surface area contributed by atoms with E-state index in [9.17, 15) is 4.79 Å². The van der Waals surface area contributed by atoms with Crippen molar-refractivity contribution < 1.29 is 9.53 Å². The smallest absolute Gasteiger partial charge is 0.168 e. The molecule has 0 N–H and O–H groups in total. The van der Waals surface area contributed by atoms with Crippen molar-refractivity contribution in [2.75, 3.05) is 0 Å². The first kappa shape index (κ1) is 15.2. The number of carbonyl (C=O) groups is 1. The Kier molecular flexibility index (Phi) is 4.73. The van der Waals surface area contributed by atoms with Crippen molar-refractivity contribution in [1.82, 2.24) is 4.98 Å². The SMILES string of the molecule is Cc1cc(C)cc(CC(=O)c2cncc(OC(C)C)c2)c1. The van der Waals surface area contributed by atoms with Gasteiger partial charge in [-0.05, 0) is 39.3 Å². The molecule has 1 aromatic carbocycles. The van der Waals surface area contributed by atoms with Crippen LogP contribution in [-0.4, -0.2) is 16.9 Å². The minimum Gasteiger partial charge on any atom is -0.489 e. The Morgan fingerprint density at radius 2 is 1.76 bits per heavy atom. The Morgan fingerprint density at radius 1 is 1.10 bits per heavy atom. The molecule has 0 saturated carbocycles. The normalized spacial score (nSPS) is 10.7. The zero-order chi connectivity index (χ0) is 15.4.